The van der Waals surface area contributed by atoms with E-state index in [1.807, 2.05) is 0 Å². The SMILES string of the molecule is CC(C)[C@@H]1C[C@@H]([Si](C)(C)C)[C@]2(C)CCC[C@@H]3O[C@@]32C1. The first-order valence-electron chi connectivity index (χ1n) is 8.38. The number of hydrogen-bond acceptors (Lipinski definition) is 1. The molecule has 1 heterocycles. The molecule has 5 atom stereocenters. The van der Waals surface area contributed by atoms with Gasteiger partial charge in [-0.2, -0.15) is 0 Å². The predicted molar refractivity (Wildman–Crippen MR) is 84.2 cm³/mol. The van der Waals surface area contributed by atoms with E-state index in [-0.39, 0.29) is 0 Å². The summed E-state index contributed by atoms with van der Waals surface area (Å²) in [6, 6.07) is 0. The molecule has 19 heavy (non-hydrogen) atoms. The second-order valence-corrected chi connectivity index (χ2v) is 14.6. The molecule has 110 valence electrons. The number of hydrogen-bond donors (Lipinski definition) is 0. The lowest BCUT2D eigenvalue weighted by atomic mass is 9.56. The second-order valence-electron chi connectivity index (χ2n) is 9.17. The van der Waals surface area contributed by atoms with E-state index >= 15 is 0 Å². The average Bonchev–Trinajstić information content (AvgIpc) is 2.97. The first-order valence-corrected chi connectivity index (χ1v) is 12.0. The molecular formula is C17H32OSi. The van der Waals surface area contributed by atoms with Crippen molar-refractivity contribution in [2.75, 3.05) is 0 Å². The Balaban J connectivity index is 1.98. The van der Waals surface area contributed by atoms with Crippen molar-refractivity contribution < 1.29 is 4.74 Å². The van der Waals surface area contributed by atoms with E-state index in [0.717, 1.165) is 17.4 Å². The van der Waals surface area contributed by atoms with Crippen LogP contribution in [0.25, 0.3) is 0 Å². The highest BCUT2D eigenvalue weighted by atomic mass is 28.3. The van der Waals surface area contributed by atoms with E-state index in [1.165, 1.54) is 32.1 Å². The molecular weight excluding hydrogens is 248 g/mol. The van der Waals surface area contributed by atoms with Crippen molar-refractivity contribution in [1.29, 1.82) is 0 Å². The molecule has 0 aromatic heterocycles. The van der Waals surface area contributed by atoms with Gasteiger partial charge in [-0.25, -0.2) is 0 Å². The summed E-state index contributed by atoms with van der Waals surface area (Å²) in [7, 11) is -1.12. The monoisotopic (exact) mass is 280 g/mol. The third kappa shape index (κ3) is 1.89. The predicted octanol–water partition coefficient (Wildman–Crippen LogP) is 5.09. The van der Waals surface area contributed by atoms with Crippen molar-refractivity contribution in [3.8, 4) is 0 Å². The van der Waals surface area contributed by atoms with Gasteiger partial charge in [-0.1, -0.05) is 46.8 Å². The fraction of sp³-hybridized carbons (Fsp3) is 1.00. The van der Waals surface area contributed by atoms with Gasteiger partial charge in [0.2, 0.25) is 0 Å². The van der Waals surface area contributed by atoms with Gasteiger partial charge in [-0.3, -0.25) is 0 Å². The van der Waals surface area contributed by atoms with Gasteiger partial charge in [0.25, 0.3) is 0 Å². The Bertz CT molecular complexity index is 372. The normalized spacial score (nSPS) is 49.7. The molecule has 1 saturated heterocycles. The third-order valence-corrected chi connectivity index (χ3v) is 9.77. The van der Waals surface area contributed by atoms with E-state index in [9.17, 15) is 0 Å². The smallest absolute Gasteiger partial charge is 0.100 e. The van der Waals surface area contributed by atoms with Crippen LogP contribution < -0.4 is 0 Å². The fourth-order valence-electron chi connectivity index (χ4n) is 5.62. The van der Waals surface area contributed by atoms with Crippen LogP contribution in [0, 0.1) is 17.3 Å². The van der Waals surface area contributed by atoms with Gasteiger partial charge in [0, 0.05) is 8.07 Å². The van der Waals surface area contributed by atoms with Crippen molar-refractivity contribution in [2.24, 2.45) is 17.3 Å². The molecule has 3 aliphatic rings. The van der Waals surface area contributed by atoms with E-state index in [1.54, 1.807) is 0 Å². The Hall–Kier alpha value is 0.177. The lowest BCUT2D eigenvalue weighted by molar-refractivity contribution is 0.0148. The Morgan fingerprint density at radius 2 is 1.89 bits per heavy atom. The Morgan fingerprint density at radius 3 is 2.47 bits per heavy atom. The highest BCUT2D eigenvalue weighted by Gasteiger charge is 2.73. The van der Waals surface area contributed by atoms with Gasteiger partial charge in [0.15, 0.2) is 0 Å². The maximum absolute atomic E-state index is 6.40. The number of epoxide rings is 1. The zero-order chi connectivity index (χ0) is 14.1. The van der Waals surface area contributed by atoms with Gasteiger partial charge < -0.3 is 4.74 Å². The standard InChI is InChI=1S/C17H32OSi/c1-12(2)13-10-15(19(4,5)6)16(3)9-7-8-14-17(16,11-13)18-14/h12-15H,7-11H2,1-6H3/t13-,14+,15-,16+,17+/m1/s1. The van der Waals surface area contributed by atoms with E-state index in [4.69, 9.17) is 4.74 Å². The van der Waals surface area contributed by atoms with E-state index < -0.39 is 8.07 Å². The first-order chi connectivity index (χ1) is 8.71. The molecule has 0 bridgehead atoms. The molecule has 1 nitrogen and oxygen atoms in total. The molecule has 0 unspecified atom stereocenters. The summed E-state index contributed by atoms with van der Waals surface area (Å²) in [6.07, 6.45) is 7.60. The Kier molecular flexibility index (Phi) is 3.05. The molecule has 0 aromatic rings. The molecule has 0 N–H and O–H groups in total. The lowest BCUT2D eigenvalue weighted by Crippen LogP contribution is -2.55. The lowest BCUT2D eigenvalue weighted by Gasteiger charge is -2.56. The van der Waals surface area contributed by atoms with Gasteiger partial charge in [-0.15, -0.1) is 0 Å². The summed E-state index contributed by atoms with van der Waals surface area (Å²) in [6.45, 7) is 15.2. The summed E-state index contributed by atoms with van der Waals surface area (Å²) >= 11 is 0. The van der Waals surface area contributed by atoms with Crippen molar-refractivity contribution in [3.05, 3.63) is 0 Å². The van der Waals surface area contributed by atoms with E-state index in [2.05, 4.69) is 40.4 Å². The maximum atomic E-state index is 6.40. The topological polar surface area (TPSA) is 12.5 Å². The molecule has 0 aromatic carbocycles. The summed E-state index contributed by atoms with van der Waals surface area (Å²) in [5.74, 6) is 1.72. The minimum Gasteiger partial charge on any atom is -0.365 e. The average molecular weight is 281 g/mol. The van der Waals surface area contributed by atoms with Crippen LogP contribution in [0.5, 0.6) is 0 Å². The van der Waals surface area contributed by atoms with Crippen LogP contribution in [0.1, 0.15) is 52.9 Å². The Labute approximate surface area is 120 Å². The van der Waals surface area contributed by atoms with Crippen LogP contribution >= 0.6 is 0 Å². The van der Waals surface area contributed by atoms with E-state index in [0.29, 0.717) is 17.1 Å². The third-order valence-electron chi connectivity index (χ3n) is 6.81. The van der Waals surface area contributed by atoms with Crippen LogP contribution in [0.15, 0.2) is 0 Å². The highest BCUT2D eigenvalue weighted by Crippen LogP contribution is 2.71. The van der Waals surface area contributed by atoms with Crippen LogP contribution in [-0.4, -0.2) is 19.8 Å². The van der Waals surface area contributed by atoms with Crippen LogP contribution in [0.3, 0.4) is 0 Å². The largest absolute Gasteiger partial charge is 0.365 e. The van der Waals surface area contributed by atoms with Crippen LogP contribution in [0.2, 0.25) is 25.2 Å². The van der Waals surface area contributed by atoms with Gasteiger partial charge >= 0.3 is 0 Å². The van der Waals surface area contributed by atoms with Crippen molar-refractivity contribution in [2.45, 2.75) is 89.8 Å². The molecule has 1 spiro atoms. The molecule has 2 aliphatic carbocycles. The summed E-state index contributed by atoms with van der Waals surface area (Å²) < 4.78 is 6.40. The van der Waals surface area contributed by atoms with Crippen LogP contribution in [0.4, 0.5) is 0 Å². The minimum absolute atomic E-state index is 0.295. The summed E-state index contributed by atoms with van der Waals surface area (Å²) in [5, 5.41) is 0. The minimum atomic E-state index is -1.12. The number of ether oxygens (including phenoxy) is 1. The zero-order valence-electron chi connectivity index (χ0n) is 13.8. The molecule has 3 rings (SSSR count). The summed E-state index contributed by atoms with van der Waals surface area (Å²) in [4.78, 5) is 0. The van der Waals surface area contributed by atoms with Crippen molar-refractivity contribution in [3.63, 3.8) is 0 Å². The van der Waals surface area contributed by atoms with Crippen molar-refractivity contribution in [1.82, 2.24) is 0 Å². The Morgan fingerprint density at radius 1 is 1.21 bits per heavy atom. The zero-order valence-corrected chi connectivity index (χ0v) is 14.8. The maximum Gasteiger partial charge on any atom is 0.100 e. The molecule has 0 radical (unpaired) electrons. The molecule has 1 aliphatic heterocycles. The number of rotatable bonds is 2. The second kappa shape index (κ2) is 4.10. The fourth-order valence-corrected chi connectivity index (χ4v) is 8.93. The van der Waals surface area contributed by atoms with Gasteiger partial charge in [0.1, 0.15) is 5.60 Å². The van der Waals surface area contributed by atoms with Gasteiger partial charge in [0.05, 0.1) is 6.10 Å². The molecule has 2 saturated carbocycles. The summed E-state index contributed by atoms with van der Waals surface area (Å²) in [5.41, 5.74) is 1.74. The molecule has 3 fully saturated rings. The first kappa shape index (κ1) is 14.1. The van der Waals surface area contributed by atoms with Crippen molar-refractivity contribution >= 4 is 8.07 Å². The quantitative estimate of drug-likeness (QED) is 0.507. The molecule has 0 amide bonds. The highest BCUT2D eigenvalue weighted by molar-refractivity contribution is 6.77. The van der Waals surface area contributed by atoms with Crippen LogP contribution in [-0.2, 0) is 4.74 Å². The molecule has 2 heteroatoms. The van der Waals surface area contributed by atoms with Gasteiger partial charge in [-0.05, 0) is 48.5 Å².